The van der Waals surface area contributed by atoms with Gasteiger partial charge in [0.25, 0.3) is 0 Å². The van der Waals surface area contributed by atoms with Crippen LogP contribution in [0.15, 0.2) is 42.5 Å². The van der Waals surface area contributed by atoms with Crippen LogP contribution >= 0.6 is 0 Å². The van der Waals surface area contributed by atoms with Crippen molar-refractivity contribution in [2.24, 2.45) is 0 Å². The van der Waals surface area contributed by atoms with Gasteiger partial charge in [-0.1, -0.05) is 45.0 Å². The van der Waals surface area contributed by atoms with E-state index in [1.807, 2.05) is 24.3 Å². The molecular weight excluding hydrogens is 304 g/mol. The first kappa shape index (κ1) is 18.0. The molecular formula is C19H28O3Si. The summed E-state index contributed by atoms with van der Waals surface area (Å²) in [7, 11) is -1.76. The van der Waals surface area contributed by atoms with E-state index in [-0.39, 0.29) is 23.2 Å². The molecule has 0 unspecified atom stereocenters. The van der Waals surface area contributed by atoms with Gasteiger partial charge < -0.3 is 9.16 Å². The summed E-state index contributed by atoms with van der Waals surface area (Å²) in [5.41, 5.74) is 0.598. The molecule has 0 aromatic heterocycles. The van der Waals surface area contributed by atoms with Crippen LogP contribution in [0.4, 0.5) is 0 Å². The van der Waals surface area contributed by atoms with Crippen LogP contribution in [0.25, 0.3) is 0 Å². The van der Waals surface area contributed by atoms with Crippen molar-refractivity contribution >= 4 is 14.3 Å². The number of rotatable bonds is 4. The lowest BCUT2D eigenvalue weighted by Gasteiger charge is -2.39. The minimum absolute atomic E-state index is 0.141. The van der Waals surface area contributed by atoms with Crippen LogP contribution in [-0.2, 0) is 9.16 Å². The zero-order valence-electron chi connectivity index (χ0n) is 14.8. The molecule has 1 aliphatic carbocycles. The van der Waals surface area contributed by atoms with Gasteiger partial charge in [0.1, 0.15) is 6.10 Å². The minimum atomic E-state index is -1.76. The van der Waals surface area contributed by atoms with E-state index >= 15 is 0 Å². The first-order valence-corrected chi connectivity index (χ1v) is 11.2. The van der Waals surface area contributed by atoms with E-state index in [4.69, 9.17) is 9.16 Å². The maximum Gasteiger partial charge on any atom is 0.338 e. The molecule has 0 aliphatic heterocycles. The first-order chi connectivity index (χ1) is 10.7. The van der Waals surface area contributed by atoms with Gasteiger partial charge in [-0.15, -0.1) is 0 Å². The molecule has 0 saturated heterocycles. The molecule has 0 heterocycles. The summed E-state index contributed by atoms with van der Waals surface area (Å²) in [6, 6.07) is 9.13. The van der Waals surface area contributed by atoms with Gasteiger partial charge in [0.05, 0.1) is 11.7 Å². The second-order valence-corrected chi connectivity index (χ2v) is 12.4. The molecule has 0 bridgehead atoms. The average molecular weight is 333 g/mol. The second-order valence-electron chi connectivity index (χ2n) is 7.69. The first-order valence-electron chi connectivity index (χ1n) is 8.31. The highest BCUT2D eigenvalue weighted by Crippen LogP contribution is 2.38. The summed E-state index contributed by atoms with van der Waals surface area (Å²) in [6.07, 6.45) is 5.74. The summed E-state index contributed by atoms with van der Waals surface area (Å²) in [5.74, 6) is -0.260. The highest BCUT2D eigenvalue weighted by molar-refractivity contribution is 6.74. The average Bonchev–Trinajstić information content (AvgIpc) is 2.48. The molecule has 0 amide bonds. The Kier molecular flexibility index (Phi) is 5.47. The molecule has 0 N–H and O–H groups in total. The maximum absolute atomic E-state index is 12.1. The Labute approximate surface area is 140 Å². The number of carbonyl (C=O) groups excluding carboxylic acids is 1. The SMILES string of the molecule is CC(C)(C)[Si](C)(C)O[C@@H]1C=C[C@@H](OC(=O)c2ccccc2)CC1. The smallest absolute Gasteiger partial charge is 0.338 e. The van der Waals surface area contributed by atoms with Crippen molar-refractivity contribution in [2.45, 2.75) is 64.0 Å². The topological polar surface area (TPSA) is 35.5 Å². The zero-order chi connectivity index (χ0) is 17.1. The molecule has 23 heavy (non-hydrogen) atoms. The van der Waals surface area contributed by atoms with Crippen molar-refractivity contribution in [1.29, 1.82) is 0 Å². The summed E-state index contributed by atoms with van der Waals surface area (Å²) >= 11 is 0. The maximum atomic E-state index is 12.1. The van der Waals surface area contributed by atoms with Crippen LogP contribution in [0.2, 0.25) is 18.1 Å². The van der Waals surface area contributed by atoms with Gasteiger partial charge in [-0.05, 0) is 49.2 Å². The third kappa shape index (κ3) is 4.79. The number of benzene rings is 1. The van der Waals surface area contributed by atoms with E-state index < -0.39 is 8.32 Å². The summed E-state index contributed by atoms with van der Waals surface area (Å²) < 4.78 is 11.9. The van der Waals surface area contributed by atoms with Gasteiger partial charge in [-0.25, -0.2) is 4.79 Å². The van der Waals surface area contributed by atoms with E-state index in [2.05, 4.69) is 39.9 Å². The van der Waals surface area contributed by atoms with E-state index in [1.54, 1.807) is 12.1 Å². The van der Waals surface area contributed by atoms with E-state index in [0.29, 0.717) is 5.56 Å². The van der Waals surface area contributed by atoms with Crippen LogP contribution in [0, 0.1) is 0 Å². The lowest BCUT2D eigenvalue weighted by molar-refractivity contribution is 0.0338. The molecule has 2 atom stereocenters. The Morgan fingerprint density at radius 1 is 1.04 bits per heavy atom. The molecule has 126 valence electrons. The monoisotopic (exact) mass is 332 g/mol. The number of hydrogen-bond donors (Lipinski definition) is 0. The highest BCUT2D eigenvalue weighted by atomic mass is 28.4. The highest BCUT2D eigenvalue weighted by Gasteiger charge is 2.39. The van der Waals surface area contributed by atoms with Crippen molar-refractivity contribution in [3.05, 3.63) is 48.0 Å². The Hall–Kier alpha value is -1.39. The Morgan fingerprint density at radius 3 is 2.13 bits per heavy atom. The van der Waals surface area contributed by atoms with Crippen LogP contribution in [-0.4, -0.2) is 26.5 Å². The molecule has 0 fully saturated rings. The minimum Gasteiger partial charge on any atom is -0.455 e. The van der Waals surface area contributed by atoms with Gasteiger partial charge in [0.15, 0.2) is 8.32 Å². The molecule has 1 aromatic carbocycles. The largest absolute Gasteiger partial charge is 0.455 e. The third-order valence-electron chi connectivity index (χ3n) is 4.80. The summed E-state index contributed by atoms with van der Waals surface area (Å²) in [5, 5.41) is 0.206. The third-order valence-corrected chi connectivity index (χ3v) is 9.30. The molecule has 1 aliphatic rings. The van der Waals surface area contributed by atoms with Crippen molar-refractivity contribution in [3.63, 3.8) is 0 Å². The predicted octanol–water partition coefficient (Wildman–Crippen LogP) is 4.95. The van der Waals surface area contributed by atoms with Gasteiger partial charge >= 0.3 is 5.97 Å². The fourth-order valence-corrected chi connectivity index (χ4v) is 3.61. The lowest BCUT2D eigenvalue weighted by Crippen LogP contribution is -2.44. The summed E-state index contributed by atoms with van der Waals surface area (Å²) in [4.78, 5) is 12.1. The van der Waals surface area contributed by atoms with Crippen molar-refractivity contribution in [1.82, 2.24) is 0 Å². The number of esters is 1. The molecule has 0 saturated carbocycles. The van der Waals surface area contributed by atoms with Crippen LogP contribution < -0.4 is 0 Å². The van der Waals surface area contributed by atoms with E-state index in [9.17, 15) is 4.79 Å². The van der Waals surface area contributed by atoms with Crippen LogP contribution in [0.5, 0.6) is 0 Å². The number of ether oxygens (including phenoxy) is 1. The number of carbonyl (C=O) groups is 1. The van der Waals surface area contributed by atoms with Gasteiger partial charge in [0, 0.05) is 0 Å². The zero-order valence-corrected chi connectivity index (χ0v) is 15.8. The lowest BCUT2D eigenvalue weighted by atomic mass is 10.0. The fourth-order valence-electron chi connectivity index (χ4n) is 2.30. The van der Waals surface area contributed by atoms with Crippen LogP contribution in [0.3, 0.4) is 0 Å². The van der Waals surface area contributed by atoms with Crippen molar-refractivity contribution in [2.75, 3.05) is 0 Å². The fraction of sp³-hybridized carbons (Fsp3) is 0.526. The van der Waals surface area contributed by atoms with Crippen molar-refractivity contribution < 1.29 is 14.0 Å². The predicted molar refractivity (Wildman–Crippen MR) is 96.1 cm³/mol. The van der Waals surface area contributed by atoms with Crippen molar-refractivity contribution in [3.8, 4) is 0 Å². The standard InChI is InChI=1S/C19H28O3Si/c1-19(2,3)23(4,5)22-17-13-11-16(12-14-17)21-18(20)15-9-7-6-8-10-15/h6-11,13,16-17H,12,14H2,1-5H3/t16-,17-/m1/s1. The Morgan fingerprint density at radius 2 is 1.61 bits per heavy atom. The normalized spacial score (nSPS) is 22.0. The molecule has 1 aromatic rings. The molecule has 3 nitrogen and oxygen atoms in total. The van der Waals surface area contributed by atoms with Gasteiger partial charge in [0.2, 0.25) is 0 Å². The van der Waals surface area contributed by atoms with Gasteiger partial charge in [-0.3, -0.25) is 0 Å². The molecule has 0 spiro atoms. The van der Waals surface area contributed by atoms with Crippen LogP contribution in [0.1, 0.15) is 44.0 Å². The Balaban J connectivity index is 1.90. The second kappa shape index (κ2) is 7.01. The molecule has 2 rings (SSSR count). The quantitative estimate of drug-likeness (QED) is 0.444. The molecule has 0 radical (unpaired) electrons. The Bertz CT molecular complexity index is 558. The molecule has 4 heteroatoms. The van der Waals surface area contributed by atoms with Gasteiger partial charge in [-0.2, -0.15) is 0 Å². The van der Waals surface area contributed by atoms with E-state index in [0.717, 1.165) is 12.8 Å². The summed E-state index contributed by atoms with van der Waals surface area (Å²) in [6.45, 7) is 11.3. The number of hydrogen-bond acceptors (Lipinski definition) is 3. The van der Waals surface area contributed by atoms with E-state index in [1.165, 1.54) is 0 Å².